The molecule has 4 heteroatoms. The maximum absolute atomic E-state index is 6.06. The molecule has 3 nitrogen and oxygen atoms in total. The van der Waals surface area contributed by atoms with Gasteiger partial charge in [0.15, 0.2) is 0 Å². The summed E-state index contributed by atoms with van der Waals surface area (Å²) < 4.78 is 13.1. The van der Waals surface area contributed by atoms with Crippen molar-refractivity contribution in [1.29, 1.82) is 0 Å². The lowest BCUT2D eigenvalue weighted by molar-refractivity contribution is 0.113. The molecule has 2 heterocycles. The standard InChI is InChI=1S/C20H22BrNO2/c1-22-8-7-15-13-24-20-17(18(15)11-22)9-16(10-19(20)21)23-12-14-5-3-2-4-6-14/h2-6,9-10,15,18H,7-8,11-13H2,1H3/t15-,18+/m1/s1. The fourth-order valence-electron chi connectivity index (χ4n) is 3.75. The molecule has 0 N–H and O–H groups in total. The summed E-state index contributed by atoms with van der Waals surface area (Å²) >= 11 is 3.67. The van der Waals surface area contributed by atoms with Gasteiger partial charge in [0.2, 0.25) is 0 Å². The van der Waals surface area contributed by atoms with Crippen LogP contribution in [0.4, 0.5) is 0 Å². The fraction of sp³-hybridized carbons (Fsp3) is 0.400. The van der Waals surface area contributed by atoms with Gasteiger partial charge in [0.05, 0.1) is 11.1 Å². The Kier molecular flexibility index (Phi) is 4.51. The number of benzene rings is 2. The molecule has 2 atom stereocenters. The number of halogens is 1. The van der Waals surface area contributed by atoms with Crippen LogP contribution in [0.5, 0.6) is 11.5 Å². The van der Waals surface area contributed by atoms with Gasteiger partial charge in [-0.05, 0) is 53.6 Å². The molecule has 24 heavy (non-hydrogen) atoms. The molecule has 0 spiro atoms. The van der Waals surface area contributed by atoms with Crippen LogP contribution in [0.3, 0.4) is 0 Å². The first-order chi connectivity index (χ1) is 11.7. The lowest BCUT2D eigenvalue weighted by Gasteiger charge is -2.41. The molecule has 0 saturated carbocycles. The van der Waals surface area contributed by atoms with Gasteiger partial charge in [-0.25, -0.2) is 0 Å². The minimum atomic E-state index is 0.532. The largest absolute Gasteiger partial charge is 0.492 e. The predicted octanol–water partition coefficient (Wildman–Crippen LogP) is 4.46. The number of likely N-dealkylation sites (tertiary alicyclic amines) is 1. The Morgan fingerprint density at radius 3 is 2.92 bits per heavy atom. The first-order valence-electron chi connectivity index (χ1n) is 8.52. The van der Waals surface area contributed by atoms with Crippen LogP contribution >= 0.6 is 15.9 Å². The third-order valence-electron chi connectivity index (χ3n) is 5.09. The second-order valence-corrected chi connectivity index (χ2v) is 7.68. The first-order valence-corrected chi connectivity index (χ1v) is 9.31. The highest BCUT2D eigenvalue weighted by Gasteiger charge is 2.36. The van der Waals surface area contributed by atoms with Crippen LogP contribution in [-0.2, 0) is 6.61 Å². The number of hydrogen-bond donors (Lipinski definition) is 0. The third-order valence-corrected chi connectivity index (χ3v) is 5.68. The molecular weight excluding hydrogens is 366 g/mol. The molecule has 0 aromatic heterocycles. The average molecular weight is 388 g/mol. The van der Waals surface area contributed by atoms with Crippen molar-refractivity contribution in [3.63, 3.8) is 0 Å². The van der Waals surface area contributed by atoms with Crippen LogP contribution in [0, 0.1) is 5.92 Å². The van der Waals surface area contributed by atoms with Gasteiger partial charge in [-0.15, -0.1) is 0 Å². The number of fused-ring (bicyclic) bond motifs is 3. The Labute approximate surface area is 151 Å². The number of ether oxygens (including phenoxy) is 2. The van der Waals surface area contributed by atoms with Gasteiger partial charge < -0.3 is 14.4 Å². The number of likely N-dealkylation sites (N-methyl/N-ethyl adjacent to an activating group) is 1. The third kappa shape index (κ3) is 3.17. The smallest absolute Gasteiger partial charge is 0.137 e. The van der Waals surface area contributed by atoms with Gasteiger partial charge in [-0.3, -0.25) is 0 Å². The van der Waals surface area contributed by atoms with Gasteiger partial charge in [0.1, 0.15) is 18.1 Å². The summed E-state index contributed by atoms with van der Waals surface area (Å²) in [4.78, 5) is 2.42. The number of hydrogen-bond acceptors (Lipinski definition) is 3. The molecule has 0 amide bonds. The van der Waals surface area contributed by atoms with E-state index in [1.807, 2.05) is 24.3 Å². The van der Waals surface area contributed by atoms with E-state index in [9.17, 15) is 0 Å². The van der Waals surface area contributed by atoms with Gasteiger partial charge >= 0.3 is 0 Å². The summed E-state index contributed by atoms with van der Waals surface area (Å²) in [5, 5.41) is 0. The topological polar surface area (TPSA) is 21.7 Å². The average Bonchev–Trinajstić information content (AvgIpc) is 2.61. The number of rotatable bonds is 3. The molecule has 1 fully saturated rings. The zero-order valence-electron chi connectivity index (χ0n) is 13.9. The Morgan fingerprint density at radius 1 is 1.25 bits per heavy atom. The highest BCUT2D eigenvalue weighted by Crippen LogP contribution is 2.46. The van der Waals surface area contributed by atoms with Crippen LogP contribution < -0.4 is 9.47 Å². The van der Waals surface area contributed by atoms with Crippen LogP contribution in [0.15, 0.2) is 46.9 Å². The van der Waals surface area contributed by atoms with E-state index in [0.717, 1.165) is 35.7 Å². The Balaban J connectivity index is 1.59. The summed E-state index contributed by atoms with van der Waals surface area (Å²) in [6, 6.07) is 14.5. The number of nitrogens with zero attached hydrogens (tertiary/aromatic N) is 1. The van der Waals surface area contributed by atoms with Crippen LogP contribution in [-0.4, -0.2) is 31.6 Å². The normalized spacial score (nSPS) is 23.1. The summed E-state index contributed by atoms with van der Waals surface area (Å²) in [5.41, 5.74) is 2.47. The second-order valence-electron chi connectivity index (χ2n) is 6.83. The van der Waals surface area contributed by atoms with Crippen molar-refractivity contribution in [2.45, 2.75) is 18.9 Å². The first kappa shape index (κ1) is 16.0. The molecule has 0 bridgehead atoms. The maximum Gasteiger partial charge on any atom is 0.137 e. The van der Waals surface area contributed by atoms with Gasteiger partial charge in [-0.2, -0.15) is 0 Å². The van der Waals surface area contributed by atoms with Gasteiger partial charge in [-0.1, -0.05) is 30.3 Å². The summed E-state index contributed by atoms with van der Waals surface area (Å²) in [7, 11) is 2.20. The van der Waals surface area contributed by atoms with Crippen molar-refractivity contribution < 1.29 is 9.47 Å². The van der Waals surface area contributed by atoms with Crippen molar-refractivity contribution >= 4 is 15.9 Å². The minimum absolute atomic E-state index is 0.532. The number of piperidine rings is 1. The molecule has 0 radical (unpaired) electrons. The Hall–Kier alpha value is -1.52. The van der Waals surface area contributed by atoms with E-state index in [-0.39, 0.29) is 0 Å². The quantitative estimate of drug-likeness (QED) is 0.775. The summed E-state index contributed by atoms with van der Waals surface area (Å²) in [6.07, 6.45) is 1.20. The molecule has 2 aliphatic heterocycles. The van der Waals surface area contributed by atoms with E-state index in [1.54, 1.807) is 0 Å². The lowest BCUT2D eigenvalue weighted by Crippen LogP contribution is -2.41. The molecule has 0 aliphatic carbocycles. The van der Waals surface area contributed by atoms with Crippen LogP contribution in [0.25, 0.3) is 0 Å². The second kappa shape index (κ2) is 6.77. The van der Waals surface area contributed by atoms with Crippen molar-refractivity contribution in [3.05, 3.63) is 58.1 Å². The van der Waals surface area contributed by atoms with E-state index in [4.69, 9.17) is 9.47 Å². The van der Waals surface area contributed by atoms with Gasteiger partial charge in [0, 0.05) is 23.9 Å². The molecule has 4 rings (SSSR count). The highest BCUT2D eigenvalue weighted by molar-refractivity contribution is 9.10. The van der Waals surface area contributed by atoms with Crippen LogP contribution in [0.2, 0.25) is 0 Å². The Bertz CT molecular complexity index is 719. The van der Waals surface area contributed by atoms with Crippen molar-refractivity contribution in [3.8, 4) is 11.5 Å². The zero-order chi connectivity index (χ0) is 16.5. The maximum atomic E-state index is 6.06. The molecule has 2 aromatic rings. The SMILES string of the molecule is CN1CC[C@@H]2COc3c(Br)cc(OCc4ccccc4)cc3[C@H]2C1. The molecular formula is C20H22BrNO2. The van der Waals surface area contributed by atoms with Crippen molar-refractivity contribution in [1.82, 2.24) is 4.90 Å². The zero-order valence-corrected chi connectivity index (χ0v) is 15.5. The Morgan fingerprint density at radius 2 is 2.08 bits per heavy atom. The fourth-order valence-corrected chi connectivity index (χ4v) is 4.32. The summed E-state index contributed by atoms with van der Waals surface area (Å²) in [5.74, 6) is 3.05. The predicted molar refractivity (Wildman–Crippen MR) is 98.8 cm³/mol. The van der Waals surface area contributed by atoms with E-state index >= 15 is 0 Å². The van der Waals surface area contributed by atoms with Crippen LogP contribution in [0.1, 0.15) is 23.5 Å². The monoisotopic (exact) mass is 387 g/mol. The van der Waals surface area contributed by atoms with E-state index in [1.165, 1.54) is 17.5 Å². The van der Waals surface area contributed by atoms with E-state index in [2.05, 4.69) is 46.1 Å². The molecule has 2 aliphatic rings. The molecule has 0 unspecified atom stereocenters. The molecule has 126 valence electrons. The minimum Gasteiger partial charge on any atom is -0.492 e. The van der Waals surface area contributed by atoms with Crippen molar-refractivity contribution in [2.75, 3.05) is 26.7 Å². The molecule has 1 saturated heterocycles. The lowest BCUT2D eigenvalue weighted by atomic mass is 9.79. The van der Waals surface area contributed by atoms with Crippen molar-refractivity contribution in [2.24, 2.45) is 5.92 Å². The van der Waals surface area contributed by atoms with E-state index in [0.29, 0.717) is 18.4 Å². The van der Waals surface area contributed by atoms with E-state index < -0.39 is 0 Å². The highest BCUT2D eigenvalue weighted by atomic mass is 79.9. The molecule has 2 aromatic carbocycles. The van der Waals surface area contributed by atoms with Gasteiger partial charge in [0.25, 0.3) is 0 Å². The summed E-state index contributed by atoms with van der Waals surface area (Å²) in [6.45, 7) is 3.66.